The molecule has 136 valence electrons. The van der Waals surface area contributed by atoms with Crippen molar-refractivity contribution in [1.29, 1.82) is 0 Å². The molecule has 0 amide bonds. The van der Waals surface area contributed by atoms with Crippen LogP contribution < -0.4 is 10.3 Å². The standard InChI is InChI=1S/C19H14FN3O4/c1-23-13-9-10(20)7-8-11(13)16(24)15(19(23)25)18-21-17(22-27-18)12-5-3-4-6-14(12)26-2/h3-9,24H,1-2H3. The van der Waals surface area contributed by atoms with Crippen molar-refractivity contribution in [2.75, 3.05) is 7.11 Å². The quantitative estimate of drug-likeness (QED) is 0.598. The van der Waals surface area contributed by atoms with Gasteiger partial charge in [0.05, 0.1) is 18.2 Å². The average molecular weight is 367 g/mol. The molecule has 0 fully saturated rings. The van der Waals surface area contributed by atoms with Gasteiger partial charge in [0, 0.05) is 12.4 Å². The van der Waals surface area contributed by atoms with Gasteiger partial charge in [0.1, 0.15) is 22.9 Å². The van der Waals surface area contributed by atoms with Crippen LogP contribution in [0.5, 0.6) is 11.5 Å². The molecule has 4 rings (SSSR count). The first kappa shape index (κ1) is 16.8. The van der Waals surface area contributed by atoms with E-state index in [1.54, 1.807) is 24.3 Å². The molecular formula is C19H14FN3O4. The molecule has 0 saturated carbocycles. The number of hydrogen-bond donors (Lipinski definition) is 1. The van der Waals surface area contributed by atoms with Crippen LogP contribution in [-0.4, -0.2) is 26.9 Å². The molecule has 0 bridgehead atoms. The van der Waals surface area contributed by atoms with Crippen LogP contribution in [0.15, 0.2) is 51.8 Å². The highest BCUT2D eigenvalue weighted by molar-refractivity contribution is 5.91. The van der Waals surface area contributed by atoms with Gasteiger partial charge in [-0.3, -0.25) is 4.79 Å². The Bertz CT molecular complexity index is 1230. The summed E-state index contributed by atoms with van der Waals surface area (Å²) < 4.78 is 25.2. The van der Waals surface area contributed by atoms with Crippen LogP contribution in [0.4, 0.5) is 4.39 Å². The Balaban J connectivity index is 1.93. The number of pyridine rings is 1. The monoisotopic (exact) mass is 367 g/mol. The first-order valence-electron chi connectivity index (χ1n) is 8.00. The molecule has 8 heteroatoms. The van der Waals surface area contributed by atoms with Gasteiger partial charge in [-0.15, -0.1) is 0 Å². The molecule has 0 atom stereocenters. The van der Waals surface area contributed by atoms with Gasteiger partial charge in [-0.2, -0.15) is 4.98 Å². The van der Waals surface area contributed by atoms with Crippen molar-refractivity contribution in [3.63, 3.8) is 0 Å². The summed E-state index contributed by atoms with van der Waals surface area (Å²) >= 11 is 0. The lowest BCUT2D eigenvalue weighted by atomic mass is 10.1. The summed E-state index contributed by atoms with van der Waals surface area (Å²) in [4.78, 5) is 17.0. The summed E-state index contributed by atoms with van der Waals surface area (Å²) in [7, 11) is 2.99. The first-order chi connectivity index (χ1) is 13.0. The van der Waals surface area contributed by atoms with E-state index in [-0.39, 0.29) is 28.5 Å². The number of benzene rings is 2. The third kappa shape index (κ3) is 2.62. The van der Waals surface area contributed by atoms with Gasteiger partial charge in [-0.05, 0) is 30.3 Å². The number of fused-ring (bicyclic) bond motifs is 1. The fraction of sp³-hybridized carbons (Fsp3) is 0.105. The van der Waals surface area contributed by atoms with Crippen molar-refractivity contribution in [3.05, 3.63) is 58.6 Å². The van der Waals surface area contributed by atoms with E-state index in [1.165, 1.54) is 36.9 Å². The zero-order valence-corrected chi connectivity index (χ0v) is 14.4. The Hall–Kier alpha value is -3.68. The van der Waals surface area contributed by atoms with Crippen LogP contribution in [-0.2, 0) is 7.05 Å². The minimum absolute atomic E-state index is 0.139. The van der Waals surface area contributed by atoms with Crippen molar-refractivity contribution >= 4 is 10.9 Å². The molecule has 0 aliphatic carbocycles. The van der Waals surface area contributed by atoms with Crippen molar-refractivity contribution in [3.8, 4) is 34.3 Å². The number of rotatable bonds is 3. The number of aryl methyl sites for hydroxylation is 1. The summed E-state index contributed by atoms with van der Waals surface area (Å²) in [5.41, 5.74) is 0.103. The highest BCUT2D eigenvalue weighted by Crippen LogP contribution is 2.34. The van der Waals surface area contributed by atoms with Gasteiger partial charge >= 0.3 is 0 Å². The van der Waals surface area contributed by atoms with E-state index < -0.39 is 11.4 Å². The predicted octanol–water partition coefficient (Wildman–Crippen LogP) is 3.11. The minimum Gasteiger partial charge on any atom is -0.506 e. The smallest absolute Gasteiger partial charge is 0.267 e. The topological polar surface area (TPSA) is 90.4 Å². The maximum absolute atomic E-state index is 13.5. The lowest BCUT2D eigenvalue weighted by Crippen LogP contribution is -2.19. The van der Waals surface area contributed by atoms with Crippen molar-refractivity contribution in [2.45, 2.75) is 0 Å². The van der Waals surface area contributed by atoms with Gasteiger partial charge in [-0.1, -0.05) is 17.3 Å². The van der Waals surface area contributed by atoms with Gasteiger partial charge in [0.15, 0.2) is 0 Å². The second-order valence-corrected chi connectivity index (χ2v) is 5.87. The molecule has 7 nitrogen and oxygen atoms in total. The number of hydrogen-bond acceptors (Lipinski definition) is 6. The van der Waals surface area contributed by atoms with Crippen molar-refractivity contribution in [2.24, 2.45) is 7.05 Å². The van der Waals surface area contributed by atoms with Crippen LogP contribution in [0.1, 0.15) is 0 Å². The largest absolute Gasteiger partial charge is 0.506 e. The van der Waals surface area contributed by atoms with Gasteiger partial charge < -0.3 is 18.9 Å². The maximum atomic E-state index is 13.5. The normalized spacial score (nSPS) is 11.1. The number of halogens is 1. The van der Waals surface area contributed by atoms with Gasteiger partial charge in [-0.25, -0.2) is 4.39 Å². The minimum atomic E-state index is -0.583. The fourth-order valence-electron chi connectivity index (χ4n) is 2.95. The number of para-hydroxylation sites is 1. The number of aromatic nitrogens is 3. The SMILES string of the molecule is COc1ccccc1-c1noc(-c2c(O)c3ccc(F)cc3n(C)c2=O)n1. The summed E-state index contributed by atoms with van der Waals surface area (Å²) in [5.74, 6) is -0.247. The molecule has 1 N–H and O–H groups in total. The lowest BCUT2D eigenvalue weighted by molar-refractivity contribution is 0.412. The molecule has 0 aliphatic rings. The van der Waals surface area contributed by atoms with Crippen LogP contribution in [0.25, 0.3) is 33.7 Å². The van der Waals surface area contributed by atoms with Crippen molar-refractivity contribution in [1.82, 2.24) is 14.7 Å². The molecule has 0 radical (unpaired) electrons. The van der Waals surface area contributed by atoms with Crippen LogP contribution in [0, 0.1) is 5.82 Å². The molecule has 0 aliphatic heterocycles. The number of ether oxygens (including phenoxy) is 1. The summed E-state index contributed by atoms with van der Waals surface area (Å²) in [6.07, 6.45) is 0. The zero-order chi connectivity index (χ0) is 19.1. The number of nitrogens with zero attached hydrogens (tertiary/aromatic N) is 3. The highest BCUT2D eigenvalue weighted by Gasteiger charge is 2.23. The second kappa shape index (κ2) is 6.24. The van der Waals surface area contributed by atoms with Crippen LogP contribution in [0.3, 0.4) is 0 Å². The molecule has 0 spiro atoms. The molecule has 2 aromatic heterocycles. The molecule has 4 aromatic rings. The van der Waals surface area contributed by atoms with E-state index in [0.29, 0.717) is 16.7 Å². The third-order valence-electron chi connectivity index (χ3n) is 4.32. The van der Waals surface area contributed by atoms with E-state index >= 15 is 0 Å². The molecule has 0 saturated heterocycles. The maximum Gasteiger partial charge on any atom is 0.267 e. The molecule has 27 heavy (non-hydrogen) atoms. The van der Waals surface area contributed by atoms with E-state index in [2.05, 4.69) is 10.1 Å². The number of aromatic hydroxyl groups is 1. The number of methoxy groups -OCH3 is 1. The van der Waals surface area contributed by atoms with E-state index in [0.717, 1.165) is 0 Å². The van der Waals surface area contributed by atoms with Gasteiger partial charge in [0.25, 0.3) is 11.4 Å². The van der Waals surface area contributed by atoms with Crippen molar-refractivity contribution < 1.29 is 18.8 Å². The Labute approximate surface area is 152 Å². The van der Waals surface area contributed by atoms with E-state index in [1.807, 2.05) is 0 Å². The first-order valence-corrected chi connectivity index (χ1v) is 8.00. The average Bonchev–Trinajstić information content (AvgIpc) is 3.15. The summed E-state index contributed by atoms with van der Waals surface area (Å²) in [5, 5.41) is 14.8. The Kier molecular flexibility index (Phi) is 3.88. The van der Waals surface area contributed by atoms with Crippen LogP contribution in [0.2, 0.25) is 0 Å². The van der Waals surface area contributed by atoms with Gasteiger partial charge in [0.2, 0.25) is 5.82 Å². The summed E-state index contributed by atoms with van der Waals surface area (Å²) in [6.45, 7) is 0. The Morgan fingerprint density at radius 2 is 2.00 bits per heavy atom. The summed E-state index contributed by atoms with van der Waals surface area (Å²) in [6, 6.07) is 10.8. The lowest BCUT2D eigenvalue weighted by Gasteiger charge is -2.09. The fourth-order valence-corrected chi connectivity index (χ4v) is 2.95. The Morgan fingerprint density at radius 1 is 1.22 bits per heavy atom. The molecule has 2 aromatic carbocycles. The Morgan fingerprint density at radius 3 is 2.78 bits per heavy atom. The zero-order valence-electron chi connectivity index (χ0n) is 14.4. The molecular weight excluding hydrogens is 353 g/mol. The molecule has 2 heterocycles. The van der Waals surface area contributed by atoms with Crippen LogP contribution >= 0.6 is 0 Å². The molecule has 0 unspecified atom stereocenters. The highest BCUT2D eigenvalue weighted by atomic mass is 19.1. The second-order valence-electron chi connectivity index (χ2n) is 5.87. The third-order valence-corrected chi connectivity index (χ3v) is 4.32. The predicted molar refractivity (Wildman–Crippen MR) is 96.1 cm³/mol. The van der Waals surface area contributed by atoms with E-state index in [9.17, 15) is 14.3 Å². The van der Waals surface area contributed by atoms with E-state index in [4.69, 9.17) is 9.26 Å².